The Kier molecular flexibility index (Phi) is 7.80. The zero-order valence-corrected chi connectivity index (χ0v) is 19.8. The van der Waals surface area contributed by atoms with E-state index in [4.69, 9.17) is 4.74 Å². The van der Waals surface area contributed by atoms with Crippen molar-refractivity contribution in [3.63, 3.8) is 0 Å². The Bertz CT molecular complexity index is 1290. The van der Waals surface area contributed by atoms with Gasteiger partial charge in [0, 0.05) is 23.5 Å². The molecule has 0 bridgehead atoms. The summed E-state index contributed by atoms with van der Waals surface area (Å²) in [5.74, 6) is -1.31. The molecule has 180 valence electrons. The summed E-state index contributed by atoms with van der Waals surface area (Å²) in [6.45, 7) is 4.28. The number of hydrogen-bond donors (Lipinski definition) is 0. The van der Waals surface area contributed by atoms with E-state index in [9.17, 15) is 13.2 Å². The van der Waals surface area contributed by atoms with Crippen molar-refractivity contribution in [3.05, 3.63) is 101 Å². The van der Waals surface area contributed by atoms with E-state index in [-0.39, 0.29) is 17.1 Å². The van der Waals surface area contributed by atoms with Gasteiger partial charge in [-0.3, -0.25) is 0 Å². The average molecular weight is 477 g/mol. The van der Waals surface area contributed by atoms with Crippen molar-refractivity contribution < 1.29 is 17.9 Å². The summed E-state index contributed by atoms with van der Waals surface area (Å²) >= 11 is 0. The van der Waals surface area contributed by atoms with Gasteiger partial charge >= 0.3 is 0 Å². The molecular formula is C29H27F3N2O. The Morgan fingerprint density at radius 3 is 2.17 bits per heavy atom. The zero-order valence-electron chi connectivity index (χ0n) is 19.8. The van der Waals surface area contributed by atoms with E-state index in [2.05, 4.69) is 16.9 Å². The van der Waals surface area contributed by atoms with Crippen LogP contribution in [-0.4, -0.2) is 16.6 Å². The van der Waals surface area contributed by atoms with Crippen LogP contribution in [0.3, 0.4) is 0 Å². The summed E-state index contributed by atoms with van der Waals surface area (Å²) in [6, 6.07) is 15.8. The van der Waals surface area contributed by atoms with E-state index in [0.29, 0.717) is 36.4 Å². The molecule has 0 spiro atoms. The van der Waals surface area contributed by atoms with E-state index in [1.807, 2.05) is 30.3 Å². The first-order valence-electron chi connectivity index (χ1n) is 11.7. The van der Waals surface area contributed by atoms with Crippen LogP contribution in [0.2, 0.25) is 0 Å². The Labute approximate surface area is 203 Å². The molecule has 0 amide bonds. The molecule has 0 aliphatic carbocycles. The lowest BCUT2D eigenvalue weighted by Gasteiger charge is -2.10. The quantitative estimate of drug-likeness (QED) is 0.235. The number of aromatic nitrogens is 2. The Morgan fingerprint density at radius 2 is 1.49 bits per heavy atom. The van der Waals surface area contributed by atoms with Crippen molar-refractivity contribution in [2.45, 2.75) is 39.5 Å². The van der Waals surface area contributed by atoms with Gasteiger partial charge in [0.15, 0.2) is 23.2 Å². The van der Waals surface area contributed by atoms with Gasteiger partial charge in [0.25, 0.3) is 0 Å². The molecule has 6 heteroatoms. The highest BCUT2D eigenvalue weighted by molar-refractivity contribution is 5.65. The summed E-state index contributed by atoms with van der Waals surface area (Å²) in [5.41, 5.74) is 3.49. The number of aryl methyl sites for hydroxylation is 3. The lowest BCUT2D eigenvalue weighted by atomic mass is 9.98. The molecule has 1 heterocycles. The molecule has 0 fully saturated rings. The first kappa shape index (κ1) is 24.5. The fourth-order valence-electron chi connectivity index (χ4n) is 3.80. The van der Waals surface area contributed by atoms with Crippen molar-refractivity contribution >= 4 is 0 Å². The van der Waals surface area contributed by atoms with Crippen LogP contribution in [0.5, 0.6) is 5.75 Å². The molecule has 3 nitrogen and oxygen atoms in total. The monoisotopic (exact) mass is 476 g/mol. The summed E-state index contributed by atoms with van der Waals surface area (Å²) in [7, 11) is 0. The van der Waals surface area contributed by atoms with Crippen molar-refractivity contribution in [1.82, 2.24) is 9.97 Å². The molecule has 0 aliphatic heterocycles. The maximum atomic E-state index is 14.7. The molecule has 0 N–H and O–H groups in total. The number of unbranched alkanes of at least 4 members (excludes halogenated alkanes) is 1. The van der Waals surface area contributed by atoms with Crippen LogP contribution in [-0.2, 0) is 12.8 Å². The average Bonchev–Trinajstić information content (AvgIpc) is 2.87. The van der Waals surface area contributed by atoms with Gasteiger partial charge < -0.3 is 4.74 Å². The molecular weight excluding hydrogens is 449 g/mol. The van der Waals surface area contributed by atoms with Gasteiger partial charge in [-0.25, -0.2) is 23.1 Å². The fraction of sp³-hybridized carbons (Fsp3) is 0.241. The molecule has 4 aromatic rings. The predicted octanol–water partition coefficient (Wildman–Crippen LogP) is 7.50. The smallest absolute Gasteiger partial charge is 0.167 e. The van der Waals surface area contributed by atoms with Crippen LogP contribution in [0, 0.1) is 24.4 Å². The van der Waals surface area contributed by atoms with Crippen molar-refractivity contribution in [1.29, 1.82) is 0 Å². The maximum Gasteiger partial charge on any atom is 0.167 e. The van der Waals surface area contributed by atoms with Crippen LogP contribution >= 0.6 is 0 Å². The number of halogens is 3. The molecule has 0 aliphatic rings. The number of hydrogen-bond acceptors (Lipinski definition) is 3. The molecule has 35 heavy (non-hydrogen) atoms. The Morgan fingerprint density at radius 1 is 0.771 bits per heavy atom. The molecule has 0 atom stereocenters. The molecule has 0 saturated heterocycles. The van der Waals surface area contributed by atoms with E-state index in [1.165, 1.54) is 18.5 Å². The van der Waals surface area contributed by atoms with Crippen LogP contribution in [0.1, 0.15) is 36.7 Å². The van der Waals surface area contributed by atoms with Gasteiger partial charge in [-0.1, -0.05) is 55.8 Å². The third-order valence-electron chi connectivity index (χ3n) is 5.91. The van der Waals surface area contributed by atoms with Crippen molar-refractivity contribution in [2.75, 3.05) is 6.61 Å². The fourth-order valence-corrected chi connectivity index (χ4v) is 3.80. The third kappa shape index (κ3) is 5.88. The summed E-state index contributed by atoms with van der Waals surface area (Å²) < 4.78 is 49.3. The molecule has 0 radical (unpaired) electrons. The number of ether oxygens (including phenoxy) is 1. The molecule has 0 saturated carbocycles. The number of nitrogens with zero attached hydrogens (tertiary/aromatic N) is 2. The van der Waals surface area contributed by atoms with Crippen LogP contribution in [0.15, 0.2) is 67.0 Å². The van der Waals surface area contributed by atoms with Crippen LogP contribution in [0.25, 0.3) is 22.3 Å². The topological polar surface area (TPSA) is 35.0 Å². The van der Waals surface area contributed by atoms with Gasteiger partial charge in [-0.2, -0.15) is 0 Å². The summed E-state index contributed by atoms with van der Waals surface area (Å²) in [6.07, 6.45) is 5.74. The second-order valence-corrected chi connectivity index (χ2v) is 8.46. The molecule has 1 aromatic heterocycles. The van der Waals surface area contributed by atoms with E-state index in [1.54, 1.807) is 25.1 Å². The van der Waals surface area contributed by atoms with Gasteiger partial charge in [0.2, 0.25) is 0 Å². The summed E-state index contributed by atoms with van der Waals surface area (Å²) in [4.78, 5) is 8.10. The predicted molar refractivity (Wildman–Crippen MR) is 132 cm³/mol. The van der Waals surface area contributed by atoms with E-state index >= 15 is 0 Å². The highest BCUT2D eigenvalue weighted by Crippen LogP contribution is 2.28. The normalized spacial score (nSPS) is 11.0. The van der Waals surface area contributed by atoms with Crippen LogP contribution < -0.4 is 4.74 Å². The lowest BCUT2D eigenvalue weighted by molar-refractivity contribution is 0.294. The Hall–Kier alpha value is -3.67. The van der Waals surface area contributed by atoms with E-state index < -0.39 is 11.6 Å². The second kappa shape index (κ2) is 11.2. The van der Waals surface area contributed by atoms with Crippen LogP contribution in [0.4, 0.5) is 13.2 Å². The van der Waals surface area contributed by atoms with Gasteiger partial charge in [0.05, 0.1) is 6.61 Å². The van der Waals surface area contributed by atoms with E-state index in [0.717, 1.165) is 29.5 Å². The maximum absolute atomic E-state index is 14.7. The first-order valence-corrected chi connectivity index (χ1v) is 11.7. The van der Waals surface area contributed by atoms with Gasteiger partial charge in [0.1, 0.15) is 5.82 Å². The van der Waals surface area contributed by atoms with Crippen molar-refractivity contribution in [2.24, 2.45) is 0 Å². The van der Waals surface area contributed by atoms with Crippen molar-refractivity contribution in [3.8, 4) is 28.0 Å². The third-order valence-corrected chi connectivity index (χ3v) is 5.91. The lowest BCUT2D eigenvalue weighted by Crippen LogP contribution is -2.00. The standard InChI is InChI=1S/C29H27F3N2O/c1-3-4-15-35-27-14-12-23(16-26(27)30)21-8-5-20(6-9-21)7-10-22-11-13-25(29(32)28(22)31)24-17-33-19(2)34-18-24/h5-6,8-9,11-14,16-18H,3-4,7,10,15H2,1-2H3. The second-order valence-electron chi connectivity index (χ2n) is 8.46. The molecule has 0 unspecified atom stereocenters. The largest absolute Gasteiger partial charge is 0.491 e. The SMILES string of the molecule is CCCCOc1ccc(-c2ccc(CCc3ccc(-c4cnc(C)nc4)c(F)c3F)cc2)cc1F. The minimum absolute atomic E-state index is 0.143. The number of rotatable bonds is 9. The minimum Gasteiger partial charge on any atom is -0.491 e. The zero-order chi connectivity index (χ0) is 24.8. The first-order chi connectivity index (χ1) is 17.0. The summed E-state index contributed by atoms with van der Waals surface area (Å²) in [5, 5.41) is 0. The minimum atomic E-state index is -0.894. The highest BCUT2D eigenvalue weighted by atomic mass is 19.2. The Balaban J connectivity index is 1.42. The molecule has 4 rings (SSSR count). The molecule has 3 aromatic carbocycles. The number of benzene rings is 3. The van der Waals surface area contributed by atoms with Gasteiger partial charge in [-0.05, 0) is 60.6 Å². The highest BCUT2D eigenvalue weighted by Gasteiger charge is 2.15. The van der Waals surface area contributed by atoms with Gasteiger partial charge in [-0.15, -0.1) is 0 Å².